The summed E-state index contributed by atoms with van der Waals surface area (Å²) in [6.07, 6.45) is 3.01. The molecule has 0 aromatic heterocycles. The molecule has 6 nitrogen and oxygen atoms in total. The quantitative estimate of drug-likeness (QED) is 0.789. The van der Waals surface area contributed by atoms with Crippen LogP contribution in [-0.4, -0.2) is 74.3 Å². The van der Waals surface area contributed by atoms with Crippen molar-refractivity contribution in [1.29, 1.82) is 0 Å². The molecule has 2 fully saturated rings. The Morgan fingerprint density at radius 1 is 1.05 bits per heavy atom. The lowest BCUT2D eigenvalue weighted by Crippen LogP contribution is -2.48. The molecule has 20 heavy (non-hydrogen) atoms. The Kier molecular flexibility index (Phi) is 5.80. The molecule has 0 spiro atoms. The van der Waals surface area contributed by atoms with Gasteiger partial charge in [-0.05, 0) is 31.7 Å². The fraction of sp³-hybridized carbons (Fsp3) is 1.00. The maximum atomic E-state index is 12.7. The number of nitrogens with zero attached hydrogens (tertiary/aromatic N) is 3. The standard InChI is InChI=1S/C13H28N4O2S/c1-13-4-2-7-17(12-13)20(18,19)16-8-3-6-15(9-5-14)10-11-16/h13H,2-12,14H2,1H3. The van der Waals surface area contributed by atoms with Gasteiger partial charge < -0.3 is 10.6 Å². The van der Waals surface area contributed by atoms with Crippen LogP contribution < -0.4 is 5.73 Å². The van der Waals surface area contributed by atoms with Gasteiger partial charge in [0.05, 0.1) is 0 Å². The van der Waals surface area contributed by atoms with Gasteiger partial charge in [-0.3, -0.25) is 0 Å². The van der Waals surface area contributed by atoms with Crippen LogP contribution in [0.5, 0.6) is 0 Å². The predicted molar refractivity (Wildman–Crippen MR) is 80.6 cm³/mol. The van der Waals surface area contributed by atoms with Crippen LogP contribution in [0.15, 0.2) is 0 Å². The van der Waals surface area contributed by atoms with E-state index in [1.165, 1.54) is 0 Å². The summed E-state index contributed by atoms with van der Waals surface area (Å²) in [4.78, 5) is 2.26. The van der Waals surface area contributed by atoms with Gasteiger partial charge in [-0.1, -0.05) is 6.92 Å². The van der Waals surface area contributed by atoms with Crippen molar-refractivity contribution in [1.82, 2.24) is 13.5 Å². The first-order chi connectivity index (χ1) is 9.54. The molecule has 118 valence electrons. The first-order valence-electron chi connectivity index (χ1n) is 7.71. The lowest BCUT2D eigenvalue weighted by Gasteiger charge is -2.34. The maximum absolute atomic E-state index is 12.7. The molecule has 0 aliphatic carbocycles. The molecule has 2 N–H and O–H groups in total. The Balaban J connectivity index is 1.98. The maximum Gasteiger partial charge on any atom is 0.282 e. The highest BCUT2D eigenvalue weighted by Crippen LogP contribution is 2.21. The second-order valence-corrected chi connectivity index (χ2v) is 7.92. The molecule has 2 aliphatic heterocycles. The number of hydrogen-bond acceptors (Lipinski definition) is 4. The van der Waals surface area contributed by atoms with Crippen LogP contribution in [0.1, 0.15) is 26.2 Å². The normalized spacial score (nSPS) is 28.4. The SMILES string of the molecule is CC1CCCN(S(=O)(=O)N2CCCN(CCN)CC2)C1. The van der Waals surface area contributed by atoms with E-state index in [2.05, 4.69) is 11.8 Å². The molecule has 2 saturated heterocycles. The lowest BCUT2D eigenvalue weighted by atomic mass is 10.0. The minimum Gasteiger partial charge on any atom is -0.329 e. The monoisotopic (exact) mass is 304 g/mol. The fourth-order valence-electron chi connectivity index (χ4n) is 3.10. The number of hydrogen-bond donors (Lipinski definition) is 1. The van der Waals surface area contributed by atoms with Gasteiger partial charge in [0.15, 0.2) is 0 Å². The molecule has 0 amide bonds. The summed E-state index contributed by atoms with van der Waals surface area (Å²) in [6.45, 7) is 7.93. The van der Waals surface area contributed by atoms with Gasteiger partial charge in [0.1, 0.15) is 0 Å². The highest BCUT2D eigenvalue weighted by atomic mass is 32.2. The van der Waals surface area contributed by atoms with Crippen LogP contribution in [-0.2, 0) is 10.2 Å². The average molecular weight is 304 g/mol. The summed E-state index contributed by atoms with van der Waals surface area (Å²) in [5.41, 5.74) is 5.58. The van der Waals surface area contributed by atoms with Crippen molar-refractivity contribution in [2.24, 2.45) is 11.7 Å². The molecule has 1 atom stereocenters. The Morgan fingerprint density at radius 3 is 2.50 bits per heavy atom. The molecule has 0 saturated carbocycles. The van der Waals surface area contributed by atoms with Crippen molar-refractivity contribution in [2.75, 3.05) is 52.4 Å². The van der Waals surface area contributed by atoms with Crippen LogP contribution in [0.25, 0.3) is 0 Å². The molecule has 0 bridgehead atoms. The summed E-state index contributed by atoms with van der Waals surface area (Å²) in [5, 5.41) is 0. The first-order valence-corrected chi connectivity index (χ1v) is 9.11. The van der Waals surface area contributed by atoms with Gasteiger partial charge in [-0.15, -0.1) is 0 Å². The summed E-state index contributed by atoms with van der Waals surface area (Å²) in [5.74, 6) is 0.472. The molecule has 7 heteroatoms. The van der Waals surface area contributed by atoms with Crippen LogP contribution >= 0.6 is 0 Å². The highest BCUT2D eigenvalue weighted by Gasteiger charge is 2.33. The molecule has 2 aliphatic rings. The van der Waals surface area contributed by atoms with E-state index in [9.17, 15) is 8.42 Å². The van der Waals surface area contributed by atoms with Crippen molar-refractivity contribution >= 4 is 10.2 Å². The molecule has 1 unspecified atom stereocenters. The number of nitrogens with two attached hydrogens (primary N) is 1. The molecule has 0 aromatic carbocycles. The number of piperidine rings is 1. The third-order valence-electron chi connectivity index (χ3n) is 4.27. The van der Waals surface area contributed by atoms with Gasteiger partial charge in [-0.25, -0.2) is 0 Å². The smallest absolute Gasteiger partial charge is 0.282 e. The van der Waals surface area contributed by atoms with E-state index in [4.69, 9.17) is 5.73 Å². The van der Waals surface area contributed by atoms with E-state index in [0.29, 0.717) is 38.6 Å². The van der Waals surface area contributed by atoms with Crippen molar-refractivity contribution < 1.29 is 8.42 Å². The topological polar surface area (TPSA) is 69.9 Å². The van der Waals surface area contributed by atoms with E-state index in [1.807, 2.05) is 0 Å². The lowest BCUT2D eigenvalue weighted by molar-refractivity contribution is 0.255. The molecule has 0 aromatic rings. The minimum absolute atomic E-state index is 0.472. The number of rotatable bonds is 4. The summed E-state index contributed by atoms with van der Waals surface area (Å²) < 4.78 is 28.8. The van der Waals surface area contributed by atoms with E-state index in [1.54, 1.807) is 8.61 Å². The Bertz CT molecular complexity index is 401. The largest absolute Gasteiger partial charge is 0.329 e. The van der Waals surface area contributed by atoms with Crippen molar-refractivity contribution in [3.63, 3.8) is 0 Å². The van der Waals surface area contributed by atoms with Crippen LogP contribution in [0, 0.1) is 5.92 Å². The summed E-state index contributed by atoms with van der Waals surface area (Å²) in [7, 11) is -3.27. The zero-order valence-corrected chi connectivity index (χ0v) is 13.3. The molecular formula is C13H28N4O2S. The Morgan fingerprint density at radius 2 is 1.80 bits per heavy atom. The Hall–Kier alpha value is -0.210. The second kappa shape index (κ2) is 7.17. The predicted octanol–water partition coefficient (Wildman–Crippen LogP) is -0.0705. The average Bonchev–Trinajstić information content (AvgIpc) is 2.65. The highest BCUT2D eigenvalue weighted by molar-refractivity contribution is 7.86. The molecule has 2 heterocycles. The van der Waals surface area contributed by atoms with Crippen molar-refractivity contribution in [3.05, 3.63) is 0 Å². The van der Waals surface area contributed by atoms with E-state index >= 15 is 0 Å². The zero-order valence-electron chi connectivity index (χ0n) is 12.5. The van der Waals surface area contributed by atoms with Gasteiger partial charge >= 0.3 is 0 Å². The third kappa shape index (κ3) is 3.92. The van der Waals surface area contributed by atoms with Gasteiger partial charge in [-0.2, -0.15) is 17.0 Å². The zero-order chi connectivity index (χ0) is 14.6. The fourth-order valence-corrected chi connectivity index (χ4v) is 4.90. The second-order valence-electron chi connectivity index (χ2n) is 6.00. The Labute approximate surface area is 123 Å². The summed E-state index contributed by atoms with van der Waals surface area (Å²) >= 11 is 0. The van der Waals surface area contributed by atoms with Crippen molar-refractivity contribution in [3.8, 4) is 0 Å². The van der Waals surface area contributed by atoms with E-state index in [0.717, 1.165) is 38.9 Å². The first kappa shape index (κ1) is 16.2. The van der Waals surface area contributed by atoms with Crippen molar-refractivity contribution in [2.45, 2.75) is 26.2 Å². The van der Waals surface area contributed by atoms with E-state index < -0.39 is 10.2 Å². The molecule has 2 rings (SSSR count). The summed E-state index contributed by atoms with van der Waals surface area (Å²) in [6, 6.07) is 0. The minimum atomic E-state index is -3.27. The van der Waals surface area contributed by atoms with Crippen LogP contribution in [0.4, 0.5) is 0 Å². The van der Waals surface area contributed by atoms with Gasteiger partial charge in [0, 0.05) is 45.8 Å². The van der Waals surface area contributed by atoms with Crippen LogP contribution in [0.3, 0.4) is 0 Å². The van der Waals surface area contributed by atoms with Crippen LogP contribution in [0.2, 0.25) is 0 Å². The third-order valence-corrected chi connectivity index (χ3v) is 6.27. The molecular weight excluding hydrogens is 276 g/mol. The van der Waals surface area contributed by atoms with E-state index in [-0.39, 0.29) is 0 Å². The van der Waals surface area contributed by atoms with Gasteiger partial charge in [0.2, 0.25) is 0 Å². The molecule has 0 radical (unpaired) electrons. The van der Waals surface area contributed by atoms with Gasteiger partial charge in [0.25, 0.3) is 10.2 Å².